The molecule has 1 rings (SSSR count). The minimum Gasteiger partial charge on any atom is -0.489 e. The molecule has 0 amide bonds. The first-order chi connectivity index (χ1) is 9.81. The van der Waals surface area contributed by atoms with Crippen LogP contribution >= 0.6 is 24.0 Å². The first-order valence-electron chi connectivity index (χ1n) is 7.15. The molecule has 1 aromatic carbocycles. The Balaban J connectivity index is 0.00000400. The number of nitrogens with one attached hydrogen (secondary N) is 2. The molecule has 0 atom stereocenters. The average Bonchev–Trinajstić information content (AvgIpc) is 2.48. The fraction of sp³-hybridized carbons (Fsp3) is 0.438. The lowest BCUT2D eigenvalue weighted by Crippen LogP contribution is -2.37. The van der Waals surface area contributed by atoms with E-state index in [2.05, 4.69) is 36.1 Å². The summed E-state index contributed by atoms with van der Waals surface area (Å²) in [7, 11) is 0. The van der Waals surface area contributed by atoms with Crippen LogP contribution in [-0.4, -0.2) is 25.7 Å². The molecule has 0 saturated heterocycles. The molecule has 0 heterocycles. The van der Waals surface area contributed by atoms with Crippen LogP contribution in [0.25, 0.3) is 0 Å². The molecule has 0 saturated carbocycles. The Kier molecular flexibility index (Phi) is 11.8. The van der Waals surface area contributed by atoms with Crippen LogP contribution in [0.4, 0.5) is 0 Å². The lowest BCUT2D eigenvalue weighted by atomic mass is 10.2. The molecule has 2 N–H and O–H groups in total. The molecule has 4 nitrogen and oxygen atoms in total. The monoisotopic (exact) mass is 403 g/mol. The summed E-state index contributed by atoms with van der Waals surface area (Å²) in [5.41, 5.74) is 1.07. The van der Waals surface area contributed by atoms with E-state index in [1.807, 2.05) is 24.3 Å². The van der Waals surface area contributed by atoms with E-state index in [9.17, 15) is 0 Å². The van der Waals surface area contributed by atoms with Crippen molar-refractivity contribution in [3.63, 3.8) is 0 Å². The Morgan fingerprint density at radius 3 is 2.71 bits per heavy atom. The highest BCUT2D eigenvalue weighted by Crippen LogP contribution is 2.18. The molecule has 0 fully saturated rings. The van der Waals surface area contributed by atoms with Gasteiger partial charge in [-0.05, 0) is 19.4 Å². The first kappa shape index (κ1) is 19.8. The summed E-state index contributed by atoms with van der Waals surface area (Å²) in [5, 5.41) is 6.52. The predicted molar refractivity (Wildman–Crippen MR) is 101 cm³/mol. The average molecular weight is 403 g/mol. The van der Waals surface area contributed by atoms with Gasteiger partial charge in [-0.1, -0.05) is 37.8 Å². The third kappa shape index (κ3) is 7.94. The van der Waals surface area contributed by atoms with Crippen molar-refractivity contribution in [1.82, 2.24) is 10.6 Å². The van der Waals surface area contributed by atoms with E-state index < -0.39 is 0 Å². The Labute approximate surface area is 145 Å². The number of ether oxygens (including phenoxy) is 1. The van der Waals surface area contributed by atoms with Crippen LogP contribution < -0.4 is 15.4 Å². The number of halogens is 1. The van der Waals surface area contributed by atoms with Gasteiger partial charge in [0.15, 0.2) is 5.96 Å². The van der Waals surface area contributed by atoms with E-state index in [0.29, 0.717) is 13.2 Å². The van der Waals surface area contributed by atoms with Crippen LogP contribution in [0.1, 0.15) is 25.8 Å². The molecular weight excluding hydrogens is 377 g/mol. The van der Waals surface area contributed by atoms with Crippen LogP contribution in [0.15, 0.2) is 41.9 Å². The molecule has 0 aliphatic carbocycles. The predicted octanol–water partition coefficient (Wildman–Crippen LogP) is 3.33. The van der Waals surface area contributed by atoms with Gasteiger partial charge >= 0.3 is 0 Å². The number of aliphatic imine (C=N–C) groups is 1. The Bertz CT molecular complexity index is 435. The van der Waals surface area contributed by atoms with E-state index in [-0.39, 0.29) is 24.0 Å². The fourth-order valence-electron chi connectivity index (χ4n) is 1.67. The SMILES string of the molecule is C=CCOc1ccccc1CN=C(NCC)NCCC.I. The molecule has 118 valence electrons. The number of hydrogen-bond donors (Lipinski definition) is 2. The largest absolute Gasteiger partial charge is 0.489 e. The Morgan fingerprint density at radius 1 is 1.29 bits per heavy atom. The van der Waals surface area contributed by atoms with E-state index in [0.717, 1.165) is 36.8 Å². The number of nitrogens with zero attached hydrogens (tertiary/aromatic N) is 1. The second-order valence-electron chi connectivity index (χ2n) is 4.33. The van der Waals surface area contributed by atoms with E-state index in [4.69, 9.17) is 4.74 Å². The highest BCUT2D eigenvalue weighted by atomic mass is 127. The summed E-state index contributed by atoms with van der Waals surface area (Å²) in [6, 6.07) is 7.95. The Hall–Kier alpha value is -1.24. The topological polar surface area (TPSA) is 45.6 Å². The number of benzene rings is 1. The zero-order valence-electron chi connectivity index (χ0n) is 12.9. The number of rotatable bonds is 8. The van der Waals surface area contributed by atoms with Crippen LogP contribution in [0.5, 0.6) is 5.75 Å². The van der Waals surface area contributed by atoms with Gasteiger partial charge in [0, 0.05) is 18.7 Å². The summed E-state index contributed by atoms with van der Waals surface area (Å²) in [5.74, 6) is 1.70. The van der Waals surface area contributed by atoms with Crippen LogP contribution in [0.3, 0.4) is 0 Å². The molecule has 1 aromatic rings. The molecule has 0 radical (unpaired) electrons. The van der Waals surface area contributed by atoms with Gasteiger partial charge in [0.2, 0.25) is 0 Å². The van der Waals surface area contributed by atoms with Crippen molar-refractivity contribution in [1.29, 1.82) is 0 Å². The van der Waals surface area contributed by atoms with Gasteiger partial charge in [-0.3, -0.25) is 0 Å². The van der Waals surface area contributed by atoms with Crippen LogP contribution in [0.2, 0.25) is 0 Å². The molecule has 0 aliphatic heterocycles. The summed E-state index contributed by atoms with van der Waals surface area (Å²) in [6.45, 7) is 10.7. The quantitative estimate of drug-likeness (QED) is 0.303. The second kappa shape index (κ2) is 12.5. The first-order valence-corrected chi connectivity index (χ1v) is 7.15. The highest BCUT2D eigenvalue weighted by Gasteiger charge is 2.02. The van der Waals surface area contributed by atoms with Gasteiger partial charge in [-0.25, -0.2) is 4.99 Å². The van der Waals surface area contributed by atoms with Crippen molar-refractivity contribution >= 4 is 29.9 Å². The minimum atomic E-state index is 0. The molecule has 0 spiro atoms. The van der Waals surface area contributed by atoms with Gasteiger partial charge in [-0.15, -0.1) is 24.0 Å². The molecule has 0 aliphatic rings. The van der Waals surface area contributed by atoms with Crippen LogP contribution in [0, 0.1) is 0 Å². The lowest BCUT2D eigenvalue weighted by Gasteiger charge is -2.12. The van der Waals surface area contributed by atoms with Crippen molar-refractivity contribution in [2.45, 2.75) is 26.8 Å². The van der Waals surface area contributed by atoms with E-state index in [1.54, 1.807) is 6.08 Å². The normalized spacial score (nSPS) is 10.5. The summed E-state index contributed by atoms with van der Waals surface area (Å²) in [6.07, 6.45) is 2.82. The molecule has 0 aromatic heterocycles. The third-order valence-corrected chi connectivity index (χ3v) is 2.62. The standard InChI is InChI=1S/C16H25N3O.HI/c1-4-11-18-16(17-6-3)19-13-14-9-7-8-10-15(14)20-12-5-2;/h5,7-10H,2,4,6,11-13H2,1,3H3,(H2,17,18,19);1H. The van der Waals surface area contributed by atoms with Crippen molar-refractivity contribution in [2.24, 2.45) is 4.99 Å². The zero-order chi connectivity index (χ0) is 14.6. The molecule has 21 heavy (non-hydrogen) atoms. The van der Waals surface area contributed by atoms with Crippen LogP contribution in [-0.2, 0) is 6.54 Å². The van der Waals surface area contributed by atoms with Crippen molar-refractivity contribution < 1.29 is 4.74 Å². The summed E-state index contributed by atoms with van der Waals surface area (Å²) in [4.78, 5) is 4.58. The fourth-order valence-corrected chi connectivity index (χ4v) is 1.67. The van der Waals surface area contributed by atoms with Gasteiger partial charge in [0.05, 0.1) is 6.54 Å². The van der Waals surface area contributed by atoms with Crippen molar-refractivity contribution in [2.75, 3.05) is 19.7 Å². The molecule has 0 bridgehead atoms. The lowest BCUT2D eigenvalue weighted by molar-refractivity contribution is 0.359. The second-order valence-corrected chi connectivity index (χ2v) is 4.33. The number of guanidine groups is 1. The van der Waals surface area contributed by atoms with Gasteiger partial charge < -0.3 is 15.4 Å². The van der Waals surface area contributed by atoms with E-state index in [1.165, 1.54) is 0 Å². The molecule has 5 heteroatoms. The van der Waals surface area contributed by atoms with Crippen molar-refractivity contribution in [3.05, 3.63) is 42.5 Å². The van der Waals surface area contributed by atoms with Crippen molar-refractivity contribution in [3.8, 4) is 5.75 Å². The maximum Gasteiger partial charge on any atom is 0.191 e. The van der Waals surface area contributed by atoms with E-state index >= 15 is 0 Å². The maximum atomic E-state index is 5.63. The zero-order valence-corrected chi connectivity index (χ0v) is 15.2. The van der Waals surface area contributed by atoms with Gasteiger partial charge in [0.1, 0.15) is 12.4 Å². The molecule has 0 unspecified atom stereocenters. The highest BCUT2D eigenvalue weighted by molar-refractivity contribution is 14.0. The van der Waals surface area contributed by atoms with Gasteiger partial charge in [-0.2, -0.15) is 0 Å². The smallest absolute Gasteiger partial charge is 0.191 e. The third-order valence-electron chi connectivity index (χ3n) is 2.62. The molecular formula is C16H26IN3O. The number of para-hydroxylation sites is 1. The minimum absolute atomic E-state index is 0. The number of hydrogen-bond acceptors (Lipinski definition) is 2. The Morgan fingerprint density at radius 2 is 2.05 bits per heavy atom. The van der Waals surface area contributed by atoms with Gasteiger partial charge in [0.25, 0.3) is 0 Å². The summed E-state index contributed by atoms with van der Waals surface area (Å²) < 4.78 is 5.63. The summed E-state index contributed by atoms with van der Waals surface area (Å²) >= 11 is 0. The maximum absolute atomic E-state index is 5.63.